The predicted octanol–water partition coefficient (Wildman–Crippen LogP) is 1.40. The number of hydrogen-bond acceptors (Lipinski definition) is 6. The second-order valence-electron chi connectivity index (χ2n) is 3.15. The van der Waals surface area contributed by atoms with Crippen LogP contribution in [0.1, 0.15) is 10.4 Å². The third-order valence-corrected chi connectivity index (χ3v) is 1.99. The van der Waals surface area contributed by atoms with Gasteiger partial charge in [0.15, 0.2) is 0 Å². The average molecular weight is 230 g/mol. The Balaban J connectivity index is 2.11. The molecule has 0 aromatic carbocycles. The molecule has 17 heavy (non-hydrogen) atoms. The zero-order chi connectivity index (χ0) is 12.1. The smallest absolute Gasteiger partial charge is 0.341 e. The molecule has 2 aromatic rings. The van der Waals surface area contributed by atoms with Gasteiger partial charge in [0.2, 0.25) is 5.95 Å². The van der Waals surface area contributed by atoms with Crippen molar-refractivity contribution in [2.75, 3.05) is 12.4 Å². The Labute approximate surface area is 97.7 Å². The van der Waals surface area contributed by atoms with Crippen molar-refractivity contribution >= 4 is 17.6 Å². The fourth-order valence-electron chi connectivity index (χ4n) is 1.18. The van der Waals surface area contributed by atoms with Crippen LogP contribution in [-0.4, -0.2) is 28.0 Å². The largest absolute Gasteiger partial charge is 0.465 e. The molecule has 0 saturated heterocycles. The molecule has 0 aliphatic carbocycles. The highest BCUT2D eigenvalue weighted by molar-refractivity contribution is 5.88. The summed E-state index contributed by atoms with van der Waals surface area (Å²) < 4.78 is 4.55. The fraction of sp³-hybridized carbons (Fsp3) is 0.0909. The van der Waals surface area contributed by atoms with Gasteiger partial charge in [-0.15, -0.1) is 0 Å². The van der Waals surface area contributed by atoms with E-state index in [1.165, 1.54) is 19.5 Å². The Morgan fingerprint density at radius 2 is 2.06 bits per heavy atom. The molecule has 0 saturated carbocycles. The summed E-state index contributed by atoms with van der Waals surface area (Å²) in [7, 11) is 1.31. The zero-order valence-corrected chi connectivity index (χ0v) is 9.12. The third kappa shape index (κ3) is 2.75. The van der Waals surface area contributed by atoms with Crippen LogP contribution in [0.25, 0.3) is 0 Å². The molecule has 2 rings (SSSR count). The van der Waals surface area contributed by atoms with E-state index >= 15 is 0 Å². The summed E-state index contributed by atoms with van der Waals surface area (Å²) in [5.41, 5.74) is 1.09. The van der Waals surface area contributed by atoms with E-state index in [2.05, 4.69) is 25.0 Å². The molecule has 0 bridgehead atoms. The van der Waals surface area contributed by atoms with E-state index in [-0.39, 0.29) is 0 Å². The maximum atomic E-state index is 11.2. The van der Waals surface area contributed by atoms with Gasteiger partial charge in [-0.05, 0) is 12.1 Å². The molecule has 0 aliphatic rings. The van der Waals surface area contributed by atoms with Gasteiger partial charge in [-0.25, -0.2) is 14.8 Å². The molecule has 0 unspecified atom stereocenters. The first-order chi connectivity index (χ1) is 8.29. The van der Waals surface area contributed by atoms with Gasteiger partial charge in [-0.3, -0.25) is 4.98 Å². The Morgan fingerprint density at radius 1 is 1.29 bits per heavy atom. The molecule has 6 heteroatoms. The second-order valence-corrected chi connectivity index (χ2v) is 3.15. The molecule has 0 spiro atoms. The van der Waals surface area contributed by atoms with Crippen molar-refractivity contribution in [3.05, 3.63) is 42.5 Å². The molecule has 0 radical (unpaired) electrons. The van der Waals surface area contributed by atoms with Crippen LogP contribution in [0.2, 0.25) is 0 Å². The minimum absolute atomic E-state index is 0.309. The number of carbonyl (C=O) groups is 1. The maximum Gasteiger partial charge on any atom is 0.341 e. The summed E-state index contributed by atoms with van der Waals surface area (Å²) >= 11 is 0. The van der Waals surface area contributed by atoms with Gasteiger partial charge in [-0.1, -0.05) is 0 Å². The predicted molar refractivity (Wildman–Crippen MR) is 60.9 cm³/mol. The van der Waals surface area contributed by atoms with Crippen molar-refractivity contribution in [3.8, 4) is 0 Å². The zero-order valence-electron chi connectivity index (χ0n) is 9.12. The van der Waals surface area contributed by atoms with Crippen molar-refractivity contribution in [2.24, 2.45) is 0 Å². The number of nitrogens with one attached hydrogen (secondary N) is 1. The lowest BCUT2D eigenvalue weighted by atomic mass is 10.3. The molecule has 1 N–H and O–H groups in total. The van der Waals surface area contributed by atoms with E-state index in [1.807, 2.05) is 6.07 Å². The van der Waals surface area contributed by atoms with Gasteiger partial charge in [0, 0.05) is 18.6 Å². The first-order valence-electron chi connectivity index (χ1n) is 4.87. The monoisotopic (exact) mass is 230 g/mol. The Hall–Kier alpha value is -2.50. The molecule has 2 aromatic heterocycles. The molecule has 86 valence electrons. The van der Waals surface area contributed by atoms with Crippen LogP contribution in [0.15, 0.2) is 36.9 Å². The summed E-state index contributed by atoms with van der Waals surface area (Å²) in [6.45, 7) is 0. The van der Waals surface area contributed by atoms with Gasteiger partial charge >= 0.3 is 5.97 Å². The van der Waals surface area contributed by atoms with Crippen molar-refractivity contribution < 1.29 is 9.53 Å². The van der Waals surface area contributed by atoms with Crippen LogP contribution < -0.4 is 5.32 Å². The third-order valence-electron chi connectivity index (χ3n) is 1.99. The lowest BCUT2D eigenvalue weighted by Crippen LogP contribution is -2.04. The Morgan fingerprint density at radius 3 is 2.65 bits per heavy atom. The molecule has 2 heterocycles. The van der Waals surface area contributed by atoms with Gasteiger partial charge in [0.05, 0.1) is 24.6 Å². The van der Waals surface area contributed by atoms with E-state index in [0.717, 1.165) is 5.69 Å². The number of ether oxygens (including phenoxy) is 1. The van der Waals surface area contributed by atoms with Crippen molar-refractivity contribution in [3.63, 3.8) is 0 Å². The summed E-state index contributed by atoms with van der Waals surface area (Å²) in [6.07, 6.45) is 6.12. The van der Waals surface area contributed by atoms with E-state index in [4.69, 9.17) is 0 Å². The Bertz CT molecular complexity index is 499. The van der Waals surface area contributed by atoms with Gasteiger partial charge < -0.3 is 10.1 Å². The minimum Gasteiger partial charge on any atom is -0.465 e. The summed E-state index contributed by atoms with van der Waals surface area (Å²) in [4.78, 5) is 23.1. The van der Waals surface area contributed by atoms with Crippen molar-refractivity contribution in [2.45, 2.75) is 0 Å². The number of carbonyl (C=O) groups excluding carboxylic acids is 1. The second kappa shape index (κ2) is 5.02. The normalized spacial score (nSPS) is 9.71. The minimum atomic E-state index is -0.460. The first kappa shape index (κ1) is 11.0. The number of aromatic nitrogens is 3. The SMILES string of the molecule is COC(=O)c1cnc(Nc2cccnc2)nc1. The number of nitrogens with zero attached hydrogens (tertiary/aromatic N) is 3. The van der Waals surface area contributed by atoms with E-state index in [9.17, 15) is 4.79 Å². The van der Waals surface area contributed by atoms with Gasteiger partial charge in [0.1, 0.15) is 0 Å². The molecular weight excluding hydrogens is 220 g/mol. The van der Waals surface area contributed by atoms with Crippen LogP contribution in [-0.2, 0) is 4.74 Å². The standard InChI is InChI=1S/C11H10N4O2/c1-17-10(16)8-5-13-11(14-6-8)15-9-3-2-4-12-7-9/h2-7H,1H3,(H,13,14,15). The number of anilines is 2. The average Bonchev–Trinajstić information content (AvgIpc) is 2.40. The molecule has 0 atom stereocenters. The molecule has 0 amide bonds. The highest BCUT2D eigenvalue weighted by Crippen LogP contribution is 2.10. The van der Waals surface area contributed by atoms with Crippen molar-refractivity contribution in [1.29, 1.82) is 0 Å². The fourth-order valence-corrected chi connectivity index (χ4v) is 1.18. The molecule has 6 nitrogen and oxygen atoms in total. The number of hydrogen-bond donors (Lipinski definition) is 1. The van der Waals surface area contributed by atoms with Crippen LogP contribution in [0.4, 0.5) is 11.6 Å². The lowest BCUT2D eigenvalue weighted by molar-refractivity contribution is 0.0600. The highest BCUT2D eigenvalue weighted by atomic mass is 16.5. The van der Waals surface area contributed by atoms with Crippen LogP contribution in [0.5, 0.6) is 0 Å². The van der Waals surface area contributed by atoms with Crippen LogP contribution in [0.3, 0.4) is 0 Å². The summed E-state index contributed by atoms with van der Waals surface area (Å²) in [5, 5.41) is 2.95. The highest BCUT2D eigenvalue weighted by Gasteiger charge is 2.06. The van der Waals surface area contributed by atoms with E-state index in [1.54, 1.807) is 18.5 Å². The summed E-state index contributed by atoms with van der Waals surface area (Å²) in [6, 6.07) is 3.63. The molecular formula is C11H10N4O2. The molecule has 0 fully saturated rings. The van der Waals surface area contributed by atoms with Gasteiger partial charge in [0.25, 0.3) is 0 Å². The van der Waals surface area contributed by atoms with Crippen LogP contribution in [0, 0.1) is 0 Å². The van der Waals surface area contributed by atoms with Crippen LogP contribution >= 0.6 is 0 Å². The number of esters is 1. The number of rotatable bonds is 3. The quantitative estimate of drug-likeness (QED) is 0.803. The number of pyridine rings is 1. The van der Waals surface area contributed by atoms with Gasteiger partial charge in [-0.2, -0.15) is 0 Å². The first-order valence-corrected chi connectivity index (χ1v) is 4.87. The number of methoxy groups -OCH3 is 1. The van der Waals surface area contributed by atoms with E-state index < -0.39 is 5.97 Å². The lowest BCUT2D eigenvalue weighted by Gasteiger charge is -2.03. The maximum absolute atomic E-state index is 11.2. The molecule has 0 aliphatic heterocycles. The Kier molecular flexibility index (Phi) is 3.25. The van der Waals surface area contributed by atoms with E-state index in [0.29, 0.717) is 11.5 Å². The summed E-state index contributed by atoms with van der Waals surface area (Å²) in [5.74, 6) is -0.0661. The van der Waals surface area contributed by atoms with Crippen molar-refractivity contribution in [1.82, 2.24) is 15.0 Å². The topological polar surface area (TPSA) is 77.0 Å².